The Morgan fingerprint density at radius 1 is 1.43 bits per heavy atom. The van der Waals surface area contributed by atoms with Gasteiger partial charge in [0.05, 0.1) is 6.10 Å². The second-order valence-electron chi connectivity index (χ2n) is 4.43. The maximum atomic E-state index is 6.67. The molecule has 0 heterocycles. The van der Waals surface area contributed by atoms with E-state index in [9.17, 15) is 0 Å². The fourth-order valence-electron chi connectivity index (χ4n) is 2.41. The molecule has 1 aliphatic rings. The first-order chi connectivity index (χ1) is 6.65. The van der Waals surface area contributed by atoms with Crippen LogP contribution in [0.2, 0.25) is 0 Å². The fraction of sp³-hybridized carbons (Fsp3) is 0.909. The van der Waals surface area contributed by atoms with Gasteiger partial charge in [-0.25, -0.2) is 6.57 Å². The van der Waals surface area contributed by atoms with E-state index in [2.05, 4.69) is 18.7 Å². The minimum atomic E-state index is 0.152. The monoisotopic (exact) mass is 196 g/mol. The Balaban J connectivity index is 2.38. The van der Waals surface area contributed by atoms with E-state index < -0.39 is 0 Å². The zero-order valence-corrected chi connectivity index (χ0v) is 9.07. The lowest BCUT2D eigenvalue weighted by Gasteiger charge is -2.37. The van der Waals surface area contributed by atoms with Crippen molar-refractivity contribution >= 4 is 0 Å². The van der Waals surface area contributed by atoms with Crippen LogP contribution in [0.5, 0.6) is 0 Å². The standard InChI is InChI=1S/C11H20N2O/c1-8-6-9(2)11(10(12)7-8)14-5-4-13-3/h8-11H,4-7,12H2,1-2H3/t8-,9+,10-,11+/m1/s1. The Morgan fingerprint density at radius 3 is 2.71 bits per heavy atom. The van der Waals surface area contributed by atoms with Crippen molar-refractivity contribution < 1.29 is 4.74 Å². The first-order valence-electron chi connectivity index (χ1n) is 5.35. The van der Waals surface area contributed by atoms with E-state index in [0.717, 1.165) is 6.42 Å². The van der Waals surface area contributed by atoms with Gasteiger partial charge in [-0.3, -0.25) is 0 Å². The zero-order valence-electron chi connectivity index (χ0n) is 9.07. The van der Waals surface area contributed by atoms with Crippen molar-refractivity contribution in [3.05, 3.63) is 11.4 Å². The number of hydrogen-bond acceptors (Lipinski definition) is 2. The first kappa shape index (κ1) is 11.5. The van der Waals surface area contributed by atoms with Crippen LogP contribution in [0, 0.1) is 18.4 Å². The van der Waals surface area contributed by atoms with E-state index in [4.69, 9.17) is 17.0 Å². The van der Waals surface area contributed by atoms with Gasteiger partial charge in [0.25, 0.3) is 0 Å². The average Bonchev–Trinajstić information content (AvgIpc) is 2.09. The Morgan fingerprint density at radius 2 is 2.14 bits per heavy atom. The maximum Gasteiger partial charge on any atom is 0.237 e. The van der Waals surface area contributed by atoms with Crippen LogP contribution in [-0.2, 0) is 4.74 Å². The Kier molecular flexibility index (Phi) is 4.37. The second kappa shape index (κ2) is 5.33. The van der Waals surface area contributed by atoms with Gasteiger partial charge in [0.2, 0.25) is 6.54 Å². The third-order valence-electron chi connectivity index (χ3n) is 2.94. The molecule has 1 rings (SSSR count). The number of rotatable bonds is 3. The van der Waals surface area contributed by atoms with Crippen LogP contribution < -0.4 is 5.73 Å². The summed E-state index contributed by atoms with van der Waals surface area (Å²) in [5.74, 6) is 1.24. The molecule has 80 valence electrons. The fourth-order valence-corrected chi connectivity index (χ4v) is 2.41. The number of nitrogens with two attached hydrogens (primary N) is 1. The highest BCUT2D eigenvalue weighted by Crippen LogP contribution is 2.29. The third kappa shape index (κ3) is 2.97. The molecule has 1 aliphatic carbocycles. The van der Waals surface area contributed by atoms with Crippen molar-refractivity contribution in [3.8, 4) is 0 Å². The molecular formula is C11H20N2O. The van der Waals surface area contributed by atoms with Gasteiger partial charge < -0.3 is 15.3 Å². The lowest BCUT2D eigenvalue weighted by Crippen LogP contribution is -2.46. The predicted octanol–water partition coefficient (Wildman–Crippen LogP) is 1.68. The maximum absolute atomic E-state index is 6.67. The van der Waals surface area contributed by atoms with Crippen molar-refractivity contribution in [2.45, 2.75) is 38.8 Å². The normalized spacial score (nSPS) is 37.9. The molecule has 0 spiro atoms. The van der Waals surface area contributed by atoms with E-state index in [-0.39, 0.29) is 12.1 Å². The third-order valence-corrected chi connectivity index (χ3v) is 2.94. The summed E-state index contributed by atoms with van der Waals surface area (Å²) in [6.07, 6.45) is 2.40. The molecule has 0 aliphatic heterocycles. The quantitative estimate of drug-likeness (QED) is 0.551. The highest BCUT2D eigenvalue weighted by atomic mass is 16.5. The molecule has 2 N–H and O–H groups in total. The summed E-state index contributed by atoms with van der Waals surface area (Å²) in [4.78, 5) is 3.27. The SMILES string of the molecule is [C-]#[N+]CCO[C@@H]1[C@H](N)C[C@H](C)C[C@@H]1C. The van der Waals surface area contributed by atoms with E-state index in [0.29, 0.717) is 25.0 Å². The van der Waals surface area contributed by atoms with Gasteiger partial charge in [-0.05, 0) is 24.7 Å². The molecule has 3 heteroatoms. The van der Waals surface area contributed by atoms with Crippen molar-refractivity contribution in [1.82, 2.24) is 0 Å². The molecule has 0 aromatic rings. The molecule has 1 saturated carbocycles. The molecular weight excluding hydrogens is 176 g/mol. The van der Waals surface area contributed by atoms with Gasteiger partial charge in [0.1, 0.15) is 6.61 Å². The van der Waals surface area contributed by atoms with E-state index >= 15 is 0 Å². The highest BCUT2D eigenvalue weighted by molar-refractivity contribution is 4.86. The molecule has 0 unspecified atom stereocenters. The Labute approximate surface area is 86.4 Å². The van der Waals surface area contributed by atoms with E-state index in [1.54, 1.807) is 0 Å². The van der Waals surface area contributed by atoms with Crippen molar-refractivity contribution in [3.63, 3.8) is 0 Å². The molecule has 1 fully saturated rings. The number of ether oxygens (including phenoxy) is 1. The Bertz CT molecular complexity index is 200. The molecule has 0 bridgehead atoms. The van der Waals surface area contributed by atoms with Crippen molar-refractivity contribution in [2.75, 3.05) is 13.2 Å². The summed E-state index contributed by atoms with van der Waals surface area (Å²) >= 11 is 0. The van der Waals surface area contributed by atoms with Gasteiger partial charge in [-0.1, -0.05) is 13.8 Å². The van der Waals surface area contributed by atoms with Crippen LogP contribution in [0.1, 0.15) is 26.7 Å². The number of hydrogen-bond donors (Lipinski definition) is 1. The minimum absolute atomic E-state index is 0.152. The molecule has 14 heavy (non-hydrogen) atoms. The van der Waals surface area contributed by atoms with E-state index in [1.807, 2.05) is 0 Å². The van der Waals surface area contributed by atoms with Gasteiger partial charge in [-0.2, -0.15) is 0 Å². The van der Waals surface area contributed by atoms with Crippen LogP contribution in [0.25, 0.3) is 4.85 Å². The van der Waals surface area contributed by atoms with Crippen molar-refractivity contribution in [1.29, 1.82) is 0 Å². The van der Waals surface area contributed by atoms with Gasteiger partial charge in [-0.15, -0.1) is 0 Å². The second-order valence-corrected chi connectivity index (χ2v) is 4.43. The van der Waals surface area contributed by atoms with Crippen LogP contribution in [0.15, 0.2) is 0 Å². The topological polar surface area (TPSA) is 39.6 Å². The van der Waals surface area contributed by atoms with Gasteiger partial charge >= 0.3 is 0 Å². The minimum Gasteiger partial charge on any atom is -0.369 e. The molecule has 0 radical (unpaired) electrons. The first-order valence-corrected chi connectivity index (χ1v) is 5.35. The molecule has 0 amide bonds. The lowest BCUT2D eigenvalue weighted by atomic mass is 9.78. The average molecular weight is 196 g/mol. The summed E-state index contributed by atoms with van der Waals surface area (Å²) in [5.41, 5.74) is 6.04. The van der Waals surface area contributed by atoms with Gasteiger partial charge in [0.15, 0.2) is 0 Å². The molecule has 0 aromatic heterocycles. The summed E-state index contributed by atoms with van der Waals surface area (Å²) < 4.78 is 5.66. The summed E-state index contributed by atoms with van der Waals surface area (Å²) in [5, 5.41) is 0. The molecule has 3 nitrogen and oxygen atoms in total. The summed E-state index contributed by atoms with van der Waals surface area (Å²) in [6, 6.07) is 0.152. The van der Waals surface area contributed by atoms with Crippen LogP contribution in [0.4, 0.5) is 0 Å². The van der Waals surface area contributed by atoms with Crippen LogP contribution in [0.3, 0.4) is 0 Å². The molecule has 4 atom stereocenters. The largest absolute Gasteiger partial charge is 0.369 e. The summed E-state index contributed by atoms with van der Waals surface area (Å²) in [6.45, 7) is 12.1. The lowest BCUT2D eigenvalue weighted by molar-refractivity contribution is -0.0230. The van der Waals surface area contributed by atoms with Crippen LogP contribution >= 0.6 is 0 Å². The number of nitrogens with zero attached hydrogens (tertiary/aromatic N) is 1. The van der Waals surface area contributed by atoms with E-state index in [1.165, 1.54) is 6.42 Å². The van der Waals surface area contributed by atoms with Crippen LogP contribution in [-0.4, -0.2) is 25.3 Å². The van der Waals surface area contributed by atoms with Crippen molar-refractivity contribution in [2.24, 2.45) is 17.6 Å². The Hall–Kier alpha value is -0.590. The smallest absolute Gasteiger partial charge is 0.237 e. The molecule has 0 saturated heterocycles. The highest BCUT2D eigenvalue weighted by Gasteiger charge is 2.32. The zero-order chi connectivity index (χ0) is 10.6. The molecule has 0 aromatic carbocycles. The van der Waals surface area contributed by atoms with Gasteiger partial charge in [0, 0.05) is 6.04 Å². The summed E-state index contributed by atoms with van der Waals surface area (Å²) in [7, 11) is 0. The predicted molar refractivity (Wildman–Crippen MR) is 56.7 cm³/mol.